The van der Waals surface area contributed by atoms with Gasteiger partial charge in [0.2, 0.25) is 0 Å². The van der Waals surface area contributed by atoms with Gasteiger partial charge in [-0.15, -0.1) is 0 Å². The summed E-state index contributed by atoms with van der Waals surface area (Å²) in [4.78, 5) is 2.40. The van der Waals surface area contributed by atoms with Gasteiger partial charge in [-0.25, -0.2) is 0 Å². The van der Waals surface area contributed by atoms with Crippen molar-refractivity contribution >= 4 is 0 Å². The second kappa shape index (κ2) is 32.8. The zero-order chi connectivity index (χ0) is 32.4. The van der Waals surface area contributed by atoms with Crippen LogP contribution in [0.1, 0.15) is 168 Å². The van der Waals surface area contributed by atoms with E-state index in [1.807, 2.05) is 0 Å². The van der Waals surface area contributed by atoms with Crippen molar-refractivity contribution in [3.8, 4) is 0 Å². The van der Waals surface area contributed by atoms with Crippen LogP contribution in [0.2, 0.25) is 0 Å². The standard InChI is InChI=1S/C42H77NO2/c1-4-6-8-10-12-14-16-18-20-22-24-26-28-30-32-34-36-44-40-42(38-43(3)39-42)41-45-37-35-33-31-29-27-25-23-21-19-17-15-13-11-9-7-5-2/h12-15,18-21H,4-11,16-17,22-41H2,1-3H3. The number of likely N-dealkylation sites (tertiary alicyclic amines) is 1. The van der Waals surface area contributed by atoms with Crippen LogP contribution < -0.4 is 0 Å². The molecule has 0 aromatic rings. The van der Waals surface area contributed by atoms with Crippen molar-refractivity contribution in [3.63, 3.8) is 0 Å². The molecule has 1 aliphatic heterocycles. The Hall–Kier alpha value is -1.16. The van der Waals surface area contributed by atoms with Crippen LogP contribution in [0.25, 0.3) is 0 Å². The van der Waals surface area contributed by atoms with Gasteiger partial charge in [-0.3, -0.25) is 0 Å². The zero-order valence-corrected chi connectivity index (χ0v) is 30.6. The molecule has 1 rings (SSSR count). The van der Waals surface area contributed by atoms with E-state index in [1.54, 1.807) is 0 Å². The van der Waals surface area contributed by atoms with E-state index in [0.717, 1.165) is 52.4 Å². The van der Waals surface area contributed by atoms with Gasteiger partial charge >= 0.3 is 0 Å². The van der Waals surface area contributed by atoms with Crippen LogP contribution in [0.5, 0.6) is 0 Å². The van der Waals surface area contributed by atoms with Crippen molar-refractivity contribution in [2.75, 3.05) is 46.6 Å². The molecular formula is C42H77NO2. The first kappa shape index (κ1) is 41.9. The van der Waals surface area contributed by atoms with Gasteiger partial charge in [-0.05, 0) is 84.1 Å². The van der Waals surface area contributed by atoms with E-state index < -0.39 is 0 Å². The van der Waals surface area contributed by atoms with Crippen molar-refractivity contribution in [1.29, 1.82) is 0 Å². The molecule has 262 valence electrons. The number of hydrogen-bond donors (Lipinski definition) is 0. The smallest absolute Gasteiger partial charge is 0.0569 e. The van der Waals surface area contributed by atoms with Gasteiger partial charge in [0.15, 0.2) is 0 Å². The second-order valence-corrected chi connectivity index (χ2v) is 13.9. The summed E-state index contributed by atoms with van der Waals surface area (Å²) >= 11 is 0. The third-order valence-corrected chi connectivity index (χ3v) is 9.01. The van der Waals surface area contributed by atoms with E-state index in [1.165, 1.54) is 141 Å². The first-order valence-corrected chi connectivity index (χ1v) is 19.7. The predicted octanol–water partition coefficient (Wildman–Crippen LogP) is 12.6. The molecular weight excluding hydrogens is 550 g/mol. The fourth-order valence-electron chi connectivity index (χ4n) is 6.29. The summed E-state index contributed by atoms with van der Waals surface area (Å²) in [6.07, 6.45) is 49.8. The molecule has 0 aliphatic carbocycles. The third kappa shape index (κ3) is 27.6. The molecule has 1 saturated heterocycles. The Morgan fingerprint density at radius 1 is 0.444 bits per heavy atom. The highest BCUT2D eigenvalue weighted by Gasteiger charge is 2.41. The Labute approximate surface area is 282 Å². The van der Waals surface area contributed by atoms with E-state index in [0.29, 0.717) is 0 Å². The van der Waals surface area contributed by atoms with Crippen molar-refractivity contribution in [2.24, 2.45) is 5.41 Å². The van der Waals surface area contributed by atoms with E-state index in [4.69, 9.17) is 9.47 Å². The first-order valence-electron chi connectivity index (χ1n) is 19.7. The molecule has 0 atom stereocenters. The van der Waals surface area contributed by atoms with Crippen molar-refractivity contribution in [2.45, 2.75) is 168 Å². The van der Waals surface area contributed by atoms with Crippen LogP contribution in [0.3, 0.4) is 0 Å². The topological polar surface area (TPSA) is 21.7 Å². The Morgan fingerprint density at radius 2 is 0.778 bits per heavy atom. The van der Waals surface area contributed by atoms with E-state index in [9.17, 15) is 0 Å². The molecule has 0 N–H and O–H groups in total. The van der Waals surface area contributed by atoms with Crippen molar-refractivity contribution in [1.82, 2.24) is 4.90 Å². The summed E-state index contributed by atoms with van der Waals surface area (Å²) in [7, 11) is 2.21. The van der Waals surface area contributed by atoms with E-state index >= 15 is 0 Å². The normalized spacial score (nSPS) is 15.4. The molecule has 1 heterocycles. The summed E-state index contributed by atoms with van der Waals surface area (Å²) in [6.45, 7) is 10.3. The molecule has 0 aromatic carbocycles. The fraction of sp³-hybridized carbons (Fsp3) is 0.810. The molecule has 3 heteroatoms. The monoisotopic (exact) mass is 628 g/mol. The third-order valence-electron chi connectivity index (χ3n) is 9.01. The van der Waals surface area contributed by atoms with Gasteiger partial charge in [0.25, 0.3) is 0 Å². The molecule has 0 radical (unpaired) electrons. The molecule has 1 fully saturated rings. The predicted molar refractivity (Wildman–Crippen MR) is 200 cm³/mol. The number of ether oxygens (including phenoxy) is 2. The maximum absolute atomic E-state index is 6.17. The van der Waals surface area contributed by atoms with Gasteiger partial charge in [-0.2, -0.15) is 0 Å². The number of allylic oxidation sites excluding steroid dienone is 8. The zero-order valence-electron chi connectivity index (χ0n) is 30.6. The van der Waals surface area contributed by atoms with Crippen LogP contribution in [0.15, 0.2) is 48.6 Å². The van der Waals surface area contributed by atoms with Gasteiger partial charge < -0.3 is 14.4 Å². The first-order chi connectivity index (χ1) is 22.2. The second-order valence-electron chi connectivity index (χ2n) is 13.9. The summed E-state index contributed by atoms with van der Waals surface area (Å²) < 4.78 is 12.3. The lowest BCUT2D eigenvalue weighted by atomic mass is 9.82. The van der Waals surface area contributed by atoms with Crippen LogP contribution in [0, 0.1) is 5.41 Å². The van der Waals surface area contributed by atoms with E-state index in [-0.39, 0.29) is 5.41 Å². The minimum Gasteiger partial charge on any atom is -0.381 e. The molecule has 45 heavy (non-hydrogen) atoms. The van der Waals surface area contributed by atoms with Crippen LogP contribution in [-0.2, 0) is 9.47 Å². The largest absolute Gasteiger partial charge is 0.381 e. The van der Waals surface area contributed by atoms with Crippen LogP contribution >= 0.6 is 0 Å². The number of rotatable bonds is 34. The maximum atomic E-state index is 6.17. The fourth-order valence-corrected chi connectivity index (χ4v) is 6.29. The lowest BCUT2D eigenvalue weighted by Gasteiger charge is -2.48. The number of unbranched alkanes of at least 4 members (excludes halogenated alkanes) is 18. The van der Waals surface area contributed by atoms with Gasteiger partial charge in [-0.1, -0.05) is 140 Å². The Balaban J connectivity index is 1.89. The summed E-state index contributed by atoms with van der Waals surface area (Å²) in [5.74, 6) is 0. The molecule has 0 aromatic heterocycles. The maximum Gasteiger partial charge on any atom is 0.0569 e. The minimum atomic E-state index is 0.228. The van der Waals surface area contributed by atoms with Gasteiger partial charge in [0.1, 0.15) is 0 Å². The molecule has 0 saturated carbocycles. The highest BCUT2D eigenvalue weighted by molar-refractivity contribution is 4.94. The van der Waals surface area contributed by atoms with Gasteiger partial charge in [0, 0.05) is 31.7 Å². The molecule has 1 aliphatic rings. The van der Waals surface area contributed by atoms with Crippen LogP contribution in [0.4, 0.5) is 0 Å². The summed E-state index contributed by atoms with van der Waals surface area (Å²) in [5.41, 5.74) is 0.228. The Kier molecular flexibility index (Phi) is 30.5. The summed E-state index contributed by atoms with van der Waals surface area (Å²) in [6, 6.07) is 0. The average Bonchev–Trinajstić information content (AvgIpc) is 3.02. The molecule has 0 unspecified atom stereocenters. The molecule has 3 nitrogen and oxygen atoms in total. The average molecular weight is 628 g/mol. The highest BCUT2D eigenvalue weighted by atomic mass is 16.5. The minimum absolute atomic E-state index is 0.228. The Morgan fingerprint density at radius 3 is 1.13 bits per heavy atom. The summed E-state index contributed by atoms with van der Waals surface area (Å²) in [5, 5.41) is 0. The van der Waals surface area contributed by atoms with Crippen molar-refractivity contribution < 1.29 is 9.47 Å². The quantitative estimate of drug-likeness (QED) is 0.0523. The lowest BCUT2D eigenvalue weighted by Crippen LogP contribution is -2.59. The molecule has 0 spiro atoms. The van der Waals surface area contributed by atoms with E-state index in [2.05, 4.69) is 74.4 Å². The lowest BCUT2D eigenvalue weighted by molar-refractivity contribution is -0.102. The molecule has 0 bridgehead atoms. The molecule has 0 amide bonds. The highest BCUT2D eigenvalue weighted by Crippen LogP contribution is 2.30. The number of nitrogens with zero attached hydrogens (tertiary/aromatic N) is 1. The number of hydrogen-bond acceptors (Lipinski definition) is 3. The Bertz CT molecular complexity index is 664. The van der Waals surface area contributed by atoms with Crippen LogP contribution in [-0.4, -0.2) is 51.5 Å². The SMILES string of the molecule is CCCCCC=CCC=CCCCCCCCCOCC1(COCCCCCCCCC=CCC=CCCCCC)CN(C)C1. The van der Waals surface area contributed by atoms with Crippen molar-refractivity contribution in [3.05, 3.63) is 48.6 Å². The van der Waals surface area contributed by atoms with Gasteiger partial charge in [0.05, 0.1) is 13.2 Å².